The molecule has 1 aliphatic rings. The van der Waals surface area contributed by atoms with E-state index >= 15 is 0 Å². The molecular formula is C19H22N2O3. The Labute approximate surface area is 142 Å². The Hall–Kier alpha value is -2.37. The summed E-state index contributed by atoms with van der Waals surface area (Å²) in [7, 11) is 0. The zero-order valence-electron chi connectivity index (χ0n) is 13.5. The van der Waals surface area contributed by atoms with E-state index in [0.29, 0.717) is 18.0 Å². The van der Waals surface area contributed by atoms with Crippen molar-refractivity contribution in [1.29, 1.82) is 0 Å². The Morgan fingerprint density at radius 1 is 1.12 bits per heavy atom. The molecule has 0 saturated carbocycles. The van der Waals surface area contributed by atoms with Crippen molar-refractivity contribution in [2.75, 3.05) is 25.0 Å². The van der Waals surface area contributed by atoms with Crippen LogP contribution in [0, 0.1) is 0 Å². The average Bonchev–Trinajstić information content (AvgIpc) is 3.11. The van der Waals surface area contributed by atoms with Gasteiger partial charge in [0, 0.05) is 13.2 Å². The third-order valence-electron chi connectivity index (χ3n) is 3.81. The molecule has 5 nitrogen and oxygen atoms in total. The van der Waals surface area contributed by atoms with Crippen molar-refractivity contribution in [3.8, 4) is 11.5 Å². The molecule has 1 heterocycles. The molecule has 1 amide bonds. The third kappa shape index (κ3) is 4.81. The molecule has 1 atom stereocenters. The fourth-order valence-corrected chi connectivity index (χ4v) is 2.62. The van der Waals surface area contributed by atoms with Crippen molar-refractivity contribution in [3.05, 3.63) is 54.6 Å². The number of amides is 1. The van der Waals surface area contributed by atoms with Crippen LogP contribution >= 0.6 is 0 Å². The van der Waals surface area contributed by atoms with E-state index in [1.54, 1.807) is 0 Å². The molecular weight excluding hydrogens is 304 g/mol. The maximum atomic E-state index is 12.1. The summed E-state index contributed by atoms with van der Waals surface area (Å²) in [4.78, 5) is 12.1. The van der Waals surface area contributed by atoms with Crippen LogP contribution in [-0.2, 0) is 9.53 Å². The number of hydrogen-bond donors (Lipinski definition) is 2. The van der Waals surface area contributed by atoms with Gasteiger partial charge in [0.2, 0.25) is 5.91 Å². The molecule has 3 rings (SSSR count). The van der Waals surface area contributed by atoms with E-state index in [-0.39, 0.29) is 18.6 Å². The van der Waals surface area contributed by atoms with Gasteiger partial charge in [-0.2, -0.15) is 0 Å². The number of carbonyl (C=O) groups is 1. The second kappa shape index (κ2) is 8.47. The van der Waals surface area contributed by atoms with Crippen molar-refractivity contribution in [1.82, 2.24) is 5.32 Å². The fraction of sp³-hybridized carbons (Fsp3) is 0.316. The predicted octanol–water partition coefficient (Wildman–Crippen LogP) is 3.19. The molecule has 126 valence electrons. The summed E-state index contributed by atoms with van der Waals surface area (Å²) < 4.78 is 11.4. The first kappa shape index (κ1) is 16.5. The smallest absolute Gasteiger partial charge is 0.238 e. The number of benzene rings is 2. The maximum absolute atomic E-state index is 12.1. The molecule has 5 heteroatoms. The van der Waals surface area contributed by atoms with Crippen LogP contribution in [0.3, 0.4) is 0 Å². The minimum Gasteiger partial charge on any atom is -0.455 e. The second-order valence-corrected chi connectivity index (χ2v) is 5.73. The van der Waals surface area contributed by atoms with E-state index in [1.807, 2.05) is 54.6 Å². The number of ether oxygens (including phenoxy) is 2. The van der Waals surface area contributed by atoms with Crippen molar-refractivity contribution in [2.45, 2.75) is 18.9 Å². The van der Waals surface area contributed by atoms with Gasteiger partial charge in [0.05, 0.1) is 18.3 Å². The summed E-state index contributed by atoms with van der Waals surface area (Å²) in [6, 6.07) is 16.9. The van der Waals surface area contributed by atoms with Crippen LogP contribution in [0.5, 0.6) is 11.5 Å². The molecule has 1 unspecified atom stereocenters. The van der Waals surface area contributed by atoms with Crippen LogP contribution in [0.2, 0.25) is 0 Å². The Bertz CT molecular complexity index is 655. The molecule has 2 aromatic carbocycles. The van der Waals surface area contributed by atoms with Gasteiger partial charge in [0.1, 0.15) is 5.75 Å². The SMILES string of the molecule is O=C(CNCC1CCCO1)Nc1ccccc1Oc1ccccc1. The maximum Gasteiger partial charge on any atom is 0.238 e. The van der Waals surface area contributed by atoms with Gasteiger partial charge in [0.25, 0.3) is 0 Å². The van der Waals surface area contributed by atoms with Crippen LogP contribution in [0.15, 0.2) is 54.6 Å². The summed E-state index contributed by atoms with van der Waals surface area (Å²) in [6.45, 7) is 1.78. The molecule has 1 saturated heterocycles. The molecule has 0 spiro atoms. The lowest BCUT2D eigenvalue weighted by Crippen LogP contribution is -2.33. The first-order valence-corrected chi connectivity index (χ1v) is 8.25. The molecule has 2 N–H and O–H groups in total. The summed E-state index contributed by atoms with van der Waals surface area (Å²) >= 11 is 0. The lowest BCUT2D eigenvalue weighted by atomic mass is 10.2. The van der Waals surface area contributed by atoms with E-state index in [9.17, 15) is 4.79 Å². The number of carbonyl (C=O) groups excluding carboxylic acids is 1. The standard InChI is InChI=1S/C19H22N2O3/c22-19(14-20-13-16-9-6-12-23-16)21-17-10-4-5-11-18(17)24-15-7-2-1-3-8-15/h1-5,7-8,10-11,16,20H,6,9,12-14H2,(H,21,22). The van der Waals surface area contributed by atoms with Gasteiger partial charge in [-0.3, -0.25) is 4.79 Å². The van der Waals surface area contributed by atoms with Crippen LogP contribution < -0.4 is 15.4 Å². The van der Waals surface area contributed by atoms with Crippen LogP contribution in [-0.4, -0.2) is 31.7 Å². The predicted molar refractivity (Wildman–Crippen MR) is 93.4 cm³/mol. The van der Waals surface area contributed by atoms with E-state index < -0.39 is 0 Å². The Morgan fingerprint density at radius 3 is 2.71 bits per heavy atom. The highest BCUT2D eigenvalue weighted by Gasteiger charge is 2.15. The number of anilines is 1. The molecule has 1 aliphatic heterocycles. The van der Waals surface area contributed by atoms with E-state index in [4.69, 9.17) is 9.47 Å². The Morgan fingerprint density at radius 2 is 1.92 bits per heavy atom. The minimum atomic E-state index is -0.0999. The van der Waals surface area contributed by atoms with Gasteiger partial charge in [0.15, 0.2) is 5.75 Å². The molecule has 2 aromatic rings. The molecule has 0 bridgehead atoms. The summed E-state index contributed by atoms with van der Waals surface area (Å²) in [5.41, 5.74) is 0.658. The summed E-state index contributed by atoms with van der Waals surface area (Å²) in [5.74, 6) is 1.25. The first-order chi connectivity index (χ1) is 11.8. The zero-order chi connectivity index (χ0) is 16.6. The highest BCUT2D eigenvalue weighted by atomic mass is 16.5. The van der Waals surface area contributed by atoms with Gasteiger partial charge in [-0.05, 0) is 37.1 Å². The van der Waals surface area contributed by atoms with Crippen molar-refractivity contribution < 1.29 is 14.3 Å². The molecule has 1 fully saturated rings. The number of rotatable bonds is 7. The van der Waals surface area contributed by atoms with Crippen LogP contribution in [0.25, 0.3) is 0 Å². The number of para-hydroxylation sites is 3. The van der Waals surface area contributed by atoms with Gasteiger partial charge in [-0.1, -0.05) is 30.3 Å². The van der Waals surface area contributed by atoms with E-state index in [0.717, 1.165) is 25.2 Å². The fourth-order valence-electron chi connectivity index (χ4n) is 2.62. The van der Waals surface area contributed by atoms with Crippen LogP contribution in [0.1, 0.15) is 12.8 Å². The van der Waals surface area contributed by atoms with Crippen molar-refractivity contribution >= 4 is 11.6 Å². The lowest BCUT2D eigenvalue weighted by Gasteiger charge is -2.13. The average molecular weight is 326 g/mol. The number of nitrogens with one attached hydrogen (secondary N) is 2. The monoisotopic (exact) mass is 326 g/mol. The van der Waals surface area contributed by atoms with Gasteiger partial charge in [-0.15, -0.1) is 0 Å². The normalized spacial score (nSPS) is 16.8. The summed E-state index contributed by atoms with van der Waals surface area (Å²) in [6.07, 6.45) is 2.39. The molecule has 0 aliphatic carbocycles. The topological polar surface area (TPSA) is 59.6 Å². The first-order valence-electron chi connectivity index (χ1n) is 8.25. The highest BCUT2D eigenvalue weighted by Crippen LogP contribution is 2.28. The van der Waals surface area contributed by atoms with E-state index in [1.165, 1.54) is 0 Å². The van der Waals surface area contributed by atoms with Crippen molar-refractivity contribution in [2.24, 2.45) is 0 Å². The minimum absolute atomic E-state index is 0.0999. The number of hydrogen-bond acceptors (Lipinski definition) is 4. The lowest BCUT2D eigenvalue weighted by molar-refractivity contribution is -0.115. The third-order valence-corrected chi connectivity index (χ3v) is 3.81. The Balaban J connectivity index is 1.53. The van der Waals surface area contributed by atoms with Crippen LogP contribution in [0.4, 0.5) is 5.69 Å². The zero-order valence-corrected chi connectivity index (χ0v) is 13.5. The summed E-state index contributed by atoms with van der Waals surface area (Å²) in [5, 5.41) is 6.03. The quantitative estimate of drug-likeness (QED) is 0.820. The van der Waals surface area contributed by atoms with Gasteiger partial charge < -0.3 is 20.1 Å². The largest absolute Gasteiger partial charge is 0.455 e. The highest BCUT2D eigenvalue weighted by molar-refractivity contribution is 5.93. The van der Waals surface area contributed by atoms with Crippen molar-refractivity contribution in [3.63, 3.8) is 0 Å². The Kier molecular flexibility index (Phi) is 5.82. The molecule has 24 heavy (non-hydrogen) atoms. The second-order valence-electron chi connectivity index (χ2n) is 5.73. The van der Waals surface area contributed by atoms with Gasteiger partial charge >= 0.3 is 0 Å². The van der Waals surface area contributed by atoms with Gasteiger partial charge in [-0.25, -0.2) is 0 Å². The van der Waals surface area contributed by atoms with E-state index in [2.05, 4.69) is 10.6 Å². The molecule has 0 aromatic heterocycles. The molecule has 0 radical (unpaired) electrons.